The fourth-order valence-electron chi connectivity index (χ4n) is 3.56. The monoisotopic (exact) mass is 490 g/mol. The maximum absolute atomic E-state index is 13.3. The van der Waals surface area contributed by atoms with Crippen LogP contribution < -0.4 is 16.6 Å². The van der Waals surface area contributed by atoms with Crippen molar-refractivity contribution in [2.75, 3.05) is 20.2 Å². The largest absolute Gasteiger partial charge is 0.390 e. The fraction of sp³-hybridized carbons (Fsp3) is 0.600. The number of hydrogen-bond acceptors (Lipinski definition) is 6. The van der Waals surface area contributed by atoms with E-state index in [4.69, 9.17) is 4.74 Å². The van der Waals surface area contributed by atoms with Gasteiger partial charge in [0, 0.05) is 31.6 Å². The van der Waals surface area contributed by atoms with E-state index in [0.717, 1.165) is 20.5 Å². The van der Waals surface area contributed by atoms with Crippen molar-refractivity contribution < 1.29 is 27.5 Å². The molecular weight excluding hydrogens is 465 g/mol. The van der Waals surface area contributed by atoms with Gasteiger partial charge in [-0.3, -0.25) is 23.5 Å². The van der Waals surface area contributed by atoms with Gasteiger partial charge in [-0.05, 0) is 26.3 Å². The number of thiophene rings is 1. The molecule has 3 heterocycles. The fourth-order valence-corrected chi connectivity index (χ4v) is 4.89. The highest BCUT2D eigenvalue weighted by Gasteiger charge is 2.31. The van der Waals surface area contributed by atoms with Gasteiger partial charge in [-0.15, -0.1) is 11.3 Å². The summed E-state index contributed by atoms with van der Waals surface area (Å²) in [7, 11) is 1.41. The molecule has 9 nitrogen and oxygen atoms in total. The molecule has 3 rings (SSSR count). The molecule has 13 heteroatoms. The Kier molecular flexibility index (Phi) is 6.76. The first kappa shape index (κ1) is 25.0. The van der Waals surface area contributed by atoms with E-state index in [9.17, 15) is 32.3 Å². The van der Waals surface area contributed by atoms with Gasteiger partial charge in [-0.1, -0.05) is 0 Å². The van der Waals surface area contributed by atoms with E-state index in [1.54, 1.807) is 20.8 Å². The number of rotatable bonds is 7. The molecule has 1 fully saturated rings. The molecule has 0 saturated carbocycles. The van der Waals surface area contributed by atoms with Gasteiger partial charge in [0.05, 0.1) is 30.5 Å². The number of hydrogen-bond donors (Lipinski definition) is 1. The van der Waals surface area contributed by atoms with E-state index >= 15 is 0 Å². The molecule has 2 amide bonds. The van der Waals surface area contributed by atoms with Crippen LogP contribution >= 0.6 is 11.3 Å². The summed E-state index contributed by atoms with van der Waals surface area (Å²) >= 11 is 0.984. The first-order chi connectivity index (χ1) is 15.3. The van der Waals surface area contributed by atoms with E-state index in [1.807, 2.05) is 0 Å². The Balaban J connectivity index is 2.18. The lowest BCUT2D eigenvalue weighted by atomic mass is 10.1. The van der Waals surface area contributed by atoms with Crippen LogP contribution in [0.15, 0.2) is 9.59 Å². The van der Waals surface area contributed by atoms with E-state index < -0.39 is 47.8 Å². The minimum Gasteiger partial charge on any atom is -0.377 e. The minimum absolute atomic E-state index is 0.00784. The summed E-state index contributed by atoms with van der Waals surface area (Å²) in [6, 6.07) is 0. The number of carbonyl (C=O) groups is 2. The number of aryl methyl sites for hydroxylation is 2. The van der Waals surface area contributed by atoms with Gasteiger partial charge in [0.25, 0.3) is 5.56 Å². The standard InChI is InChI=1S/C20H25F3N4O5S/c1-11-12(9-25-8-6-24-14(28)16(25)30)33-17-13(11)15(29)27(10-19(2,3)32-4)18(31)26(17)7-5-20(21,22)23/h5-10H2,1-4H3,(H,24,28). The molecule has 33 heavy (non-hydrogen) atoms. The molecule has 1 aliphatic rings. The Bertz CT molecular complexity index is 1210. The number of carbonyl (C=O) groups excluding carboxylic acids is 2. The summed E-state index contributed by atoms with van der Waals surface area (Å²) in [6.07, 6.45) is -5.74. The quantitative estimate of drug-likeness (QED) is 0.591. The summed E-state index contributed by atoms with van der Waals surface area (Å²) in [5.41, 5.74) is -1.95. The predicted octanol–water partition coefficient (Wildman–Crippen LogP) is 1.37. The Hall–Kier alpha value is -2.67. The van der Waals surface area contributed by atoms with Crippen molar-refractivity contribution in [3.8, 4) is 0 Å². The Morgan fingerprint density at radius 2 is 1.79 bits per heavy atom. The first-order valence-electron chi connectivity index (χ1n) is 10.2. The van der Waals surface area contributed by atoms with Crippen LogP contribution in [0.2, 0.25) is 0 Å². The summed E-state index contributed by atoms with van der Waals surface area (Å²) in [6.45, 7) is 4.65. The summed E-state index contributed by atoms with van der Waals surface area (Å²) in [5.74, 6) is -1.47. The van der Waals surface area contributed by atoms with E-state index in [1.165, 1.54) is 12.0 Å². The zero-order valence-corrected chi connectivity index (χ0v) is 19.5. The lowest BCUT2D eigenvalue weighted by Crippen LogP contribution is -2.51. The molecule has 2 aromatic rings. The second kappa shape index (κ2) is 8.93. The van der Waals surface area contributed by atoms with Crippen molar-refractivity contribution in [3.05, 3.63) is 31.3 Å². The molecule has 0 aromatic carbocycles. The van der Waals surface area contributed by atoms with Crippen LogP contribution in [-0.4, -0.2) is 57.8 Å². The van der Waals surface area contributed by atoms with Crippen LogP contribution in [0.3, 0.4) is 0 Å². The second-order valence-electron chi connectivity index (χ2n) is 8.47. The zero-order chi connectivity index (χ0) is 24.7. The van der Waals surface area contributed by atoms with Gasteiger partial charge in [-0.2, -0.15) is 13.2 Å². The molecular formula is C20H25F3N4O5S. The van der Waals surface area contributed by atoms with Gasteiger partial charge in [-0.25, -0.2) is 4.79 Å². The van der Waals surface area contributed by atoms with Gasteiger partial charge in [0.15, 0.2) is 0 Å². The van der Waals surface area contributed by atoms with Crippen molar-refractivity contribution in [2.24, 2.45) is 0 Å². The maximum Gasteiger partial charge on any atom is 0.390 e. The van der Waals surface area contributed by atoms with Gasteiger partial charge in [0.1, 0.15) is 4.83 Å². The molecule has 0 atom stereocenters. The lowest BCUT2D eigenvalue weighted by Gasteiger charge is -2.26. The van der Waals surface area contributed by atoms with Gasteiger partial charge < -0.3 is 15.0 Å². The minimum atomic E-state index is -4.50. The van der Waals surface area contributed by atoms with Crippen LogP contribution in [0.4, 0.5) is 13.2 Å². The number of aromatic nitrogens is 2. The Morgan fingerprint density at radius 1 is 1.12 bits per heavy atom. The summed E-state index contributed by atoms with van der Waals surface area (Å²) < 4.78 is 46.1. The smallest absolute Gasteiger partial charge is 0.377 e. The topological polar surface area (TPSA) is 103 Å². The molecule has 0 aliphatic carbocycles. The van der Waals surface area contributed by atoms with Crippen molar-refractivity contribution in [2.45, 2.75) is 58.6 Å². The molecule has 1 saturated heterocycles. The highest BCUT2D eigenvalue weighted by Crippen LogP contribution is 2.30. The van der Waals surface area contributed by atoms with Crippen LogP contribution in [0.5, 0.6) is 0 Å². The third kappa shape index (κ3) is 5.13. The van der Waals surface area contributed by atoms with Crippen LogP contribution in [0, 0.1) is 6.92 Å². The number of alkyl halides is 3. The number of ether oxygens (including phenoxy) is 1. The summed E-state index contributed by atoms with van der Waals surface area (Å²) in [5, 5.41) is 2.56. The van der Waals surface area contributed by atoms with Crippen molar-refractivity contribution in [3.63, 3.8) is 0 Å². The van der Waals surface area contributed by atoms with Crippen molar-refractivity contribution in [1.82, 2.24) is 19.4 Å². The van der Waals surface area contributed by atoms with E-state index in [0.29, 0.717) is 10.4 Å². The van der Waals surface area contributed by atoms with E-state index in [2.05, 4.69) is 5.32 Å². The average Bonchev–Trinajstić information content (AvgIpc) is 3.04. The number of nitrogens with one attached hydrogen (secondary N) is 1. The van der Waals surface area contributed by atoms with Crippen LogP contribution in [0.1, 0.15) is 30.7 Å². The number of piperazine rings is 1. The number of methoxy groups -OCH3 is 1. The normalized spacial score (nSPS) is 15.4. The number of nitrogens with zero attached hydrogens (tertiary/aromatic N) is 3. The van der Waals surface area contributed by atoms with E-state index in [-0.39, 0.29) is 36.4 Å². The first-order valence-corrected chi connectivity index (χ1v) is 11.0. The second-order valence-corrected chi connectivity index (χ2v) is 9.55. The highest BCUT2D eigenvalue weighted by molar-refractivity contribution is 7.18. The number of fused-ring (bicyclic) bond motifs is 1. The zero-order valence-electron chi connectivity index (χ0n) is 18.7. The molecule has 1 aliphatic heterocycles. The van der Waals surface area contributed by atoms with Crippen molar-refractivity contribution >= 4 is 33.4 Å². The molecule has 0 unspecified atom stereocenters. The highest BCUT2D eigenvalue weighted by atomic mass is 32.1. The third-order valence-electron chi connectivity index (χ3n) is 5.59. The van der Waals surface area contributed by atoms with Crippen molar-refractivity contribution in [1.29, 1.82) is 0 Å². The third-order valence-corrected chi connectivity index (χ3v) is 6.89. The lowest BCUT2D eigenvalue weighted by molar-refractivity contribution is -0.148. The number of amides is 2. The Morgan fingerprint density at radius 3 is 2.39 bits per heavy atom. The van der Waals surface area contributed by atoms with Gasteiger partial charge >= 0.3 is 23.7 Å². The average molecular weight is 491 g/mol. The molecule has 182 valence electrons. The molecule has 1 N–H and O–H groups in total. The predicted molar refractivity (Wildman–Crippen MR) is 115 cm³/mol. The van der Waals surface area contributed by atoms with Crippen LogP contribution in [-0.2, 0) is 34.0 Å². The molecule has 0 spiro atoms. The van der Waals surface area contributed by atoms with Gasteiger partial charge in [0.2, 0.25) is 0 Å². The summed E-state index contributed by atoms with van der Waals surface area (Å²) in [4.78, 5) is 52.2. The number of halogens is 3. The SMILES string of the molecule is COC(C)(C)Cn1c(=O)c2c(C)c(CN3CCNC(=O)C3=O)sc2n(CCC(F)(F)F)c1=O. The molecule has 0 bridgehead atoms. The Labute approximate surface area is 190 Å². The van der Waals surface area contributed by atoms with Crippen LogP contribution in [0.25, 0.3) is 10.2 Å². The molecule has 0 radical (unpaired) electrons. The maximum atomic E-state index is 13.3. The molecule has 2 aromatic heterocycles.